The van der Waals surface area contributed by atoms with E-state index in [9.17, 15) is 4.79 Å². The molecule has 0 aromatic heterocycles. The lowest BCUT2D eigenvalue weighted by Gasteiger charge is -2.37. The quantitative estimate of drug-likeness (QED) is 0.840. The number of hydrogen-bond acceptors (Lipinski definition) is 4. The van der Waals surface area contributed by atoms with Crippen molar-refractivity contribution in [3.63, 3.8) is 0 Å². The van der Waals surface area contributed by atoms with Gasteiger partial charge in [-0.2, -0.15) is 0 Å². The number of anilines is 1. The molecule has 126 valence electrons. The van der Waals surface area contributed by atoms with Crippen molar-refractivity contribution in [2.75, 3.05) is 63.9 Å². The fourth-order valence-electron chi connectivity index (χ4n) is 3.17. The molecule has 2 aliphatic rings. The van der Waals surface area contributed by atoms with Gasteiger partial charge in [-0.25, -0.2) is 0 Å². The highest BCUT2D eigenvalue weighted by Crippen LogP contribution is 2.25. The number of carbonyl (C=O) groups is 1. The van der Waals surface area contributed by atoms with Crippen molar-refractivity contribution in [2.24, 2.45) is 0 Å². The van der Waals surface area contributed by atoms with Gasteiger partial charge in [0.05, 0.1) is 19.8 Å². The van der Waals surface area contributed by atoms with Crippen LogP contribution in [0.3, 0.4) is 0 Å². The second kappa shape index (κ2) is 7.51. The van der Waals surface area contributed by atoms with Crippen LogP contribution in [0.15, 0.2) is 18.2 Å². The predicted octanol–water partition coefficient (Wildman–Crippen LogP) is 1.63. The molecule has 1 amide bonds. The van der Waals surface area contributed by atoms with Crippen molar-refractivity contribution in [1.29, 1.82) is 0 Å². The summed E-state index contributed by atoms with van der Waals surface area (Å²) in [5, 5.41) is 0.774. The van der Waals surface area contributed by atoms with Crippen LogP contribution in [0.1, 0.15) is 5.56 Å². The monoisotopic (exact) mass is 337 g/mol. The van der Waals surface area contributed by atoms with Crippen molar-refractivity contribution in [1.82, 2.24) is 9.80 Å². The minimum atomic E-state index is 0.223. The van der Waals surface area contributed by atoms with Gasteiger partial charge in [0.15, 0.2) is 0 Å². The maximum Gasteiger partial charge on any atom is 0.236 e. The van der Waals surface area contributed by atoms with Crippen LogP contribution in [0.4, 0.5) is 5.69 Å². The van der Waals surface area contributed by atoms with Gasteiger partial charge in [0.25, 0.3) is 0 Å². The summed E-state index contributed by atoms with van der Waals surface area (Å²) in [6, 6.07) is 6.02. The lowest BCUT2D eigenvalue weighted by Crippen LogP contribution is -2.51. The maximum absolute atomic E-state index is 12.3. The largest absolute Gasteiger partial charge is 0.378 e. The molecule has 0 unspecified atom stereocenters. The van der Waals surface area contributed by atoms with E-state index in [4.69, 9.17) is 16.3 Å². The molecule has 2 aliphatic heterocycles. The van der Waals surface area contributed by atoms with E-state index in [2.05, 4.69) is 22.8 Å². The SMILES string of the molecule is Cc1ccc(Cl)cc1N1CCN(CC(=O)N2CCOCC2)CC1. The minimum absolute atomic E-state index is 0.223. The Morgan fingerprint density at radius 2 is 1.83 bits per heavy atom. The minimum Gasteiger partial charge on any atom is -0.378 e. The summed E-state index contributed by atoms with van der Waals surface area (Å²) in [6.07, 6.45) is 0. The average molecular weight is 338 g/mol. The van der Waals surface area contributed by atoms with E-state index in [1.54, 1.807) is 0 Å². The van der Waals surface area contributed by atoms with Crippen LogP contribution in [0.25, 0.3) is 0 Å². The van der Waals surface area contributed by atoms with E-state index in [-0.39, 0.29) is 5.91 Å². The van der Waals surface area contributed by atoms with E-state index >= 15 is 0 Å². The third-order valence-corrected chi connectivity index (χ3v) is 4.84. The number of benzene rings is 1. The summed E-state index contributed by atoms with van der Waals surface area (Å²) in [7, 11) is 0. The fraction of sp³-hybridized carbons (Fsp3) is 0.588. The first-order chi connectivity index (χ1) is 11.1. The number of hydrogen-bond donors (Lipinski definition) is 0. The van der Waals surface area contributed by atoms with E-state index in [0.717, 1.165) is 44.3 Å². The van der Waals surface area contributed by atoms with Crippen molar-refractivity contribution in [3.8, 4) is 0 Å². The highest BCUT2D eigenvalue weighted by molar-refractivity contribution is 6.30. The zero-order chi connectivity index (χ0) is 16.2. The van der Waals surface area contributed by atoms with Gasteiger partial charge >= 0.3 is 0 Å². The van der Waals surface area contributed by atoms with Crippen LogP contribution in [-0.4, -0.2) is 74.7 Å². The summed E-state index contributed by atoms with van der Waals surface area (Å²) < 4.78 is 5.30. The highest BCUT2D eigenvalue weighted by Gasteiger charge is 2.23. The number of amides is 1. The Kier molecular flexibility index (Phi) is 5.41. The molecule has 0 spiro atoms. The Bertz CT molecular complexity index is 553. The van der Waals surface area contributed by atoms with Gasteiger partial charge in [-0.05, 0) is 24.6 Å². The third-order valence-electron chi connectivity index (χ3n) is 4.61. The van der Waals surface area contributed by atoms with Crippen molar-refractivity contribution in [2.45, 2.75) is 6.92 Å². The summed E-state index contributed by atoms with van der Waals surface area (Å²) >= 11 is 6.12. The third kappa shape index (κ3) is 4.16. The molecule has 6 heteroatoms. The molecule has 2 saturated heterocycles. The molecule has 0 bridgehead atoms. The number of halogens is 1. The summed E-state index contributed by atoms with van der Waals surface area (Å²) in [5.41, 5.74) is 2.45. The molecule has 1 aromatic carbocycles. The first-order valence-corrected chi connectivity index (χ1v) is 8.60. The Hall–Kier alpha value is -1.30. The van der Waals surface area contributed by atoms with E-state index in [0.29, 0.717) is 19.8 Å². The van der Waals surface area contributed by atoms with Crippen molar-refractivity contribution < 1.29 is 9.53 Å². The molecule has 0 aliphatic carbocycles. The second-order valence-corrected chi connectivity index (χ2v) is 6.62. The van der Waals surface area contributed by atoms with Gasteiger partial charge in [-0.1, -0.05) is 17.7 Å². The Morgan fingerprint density at radius 3 is 2.52 bits per heavy atom. The van der Waals surface area contributed by atoms with E-state index < -0.39 is 0 Å². The standard InChI is InChI=1S/C17H24ClN3O2/c1-14-2-3-15(18)12-16(14)20-6-4-19(5-7-20)13-17(22)21-8-10-23-11-9-21/h2-3,12H,4-11,13H2,1H3. The Morgan fingerprint density at radius 1 is 1.13 bits per heavy atom. The van der Waals surface area contributed by atoms with Gasteiger partial charge < -0.3 is 14.5 Å². The molecular weight excluding hydrogens is 314 g/mol. The van der Waals surface area contributed by atoms with Crippen LogP contribution < -0.4 is 4.90 Å². The molecule has 0 N–H and O–H groups in total. The smallest absolute Gasteiger partial charge is 0.236 e. The molecular formula is C17H24ClN3O2. The Labute approximate surface area is 142 Å². The Balaban J connectivity index is 1.52. The van der Waals surface area contributed by atoms with Crippen LogP contribution in [0, 0.1) is 6.92 Å². The number of nitrogens with zero attached hydrogens (tertiary/aromatic N) is 3. The van der Waals surface area contributed by atoms with Gasteiger partial charge in [0.1, 0.15) is 0 Å². The lowest BCUT2D eigenvalue weighted by atomic mass is 10.1. The number of aryl methyl sites for hydroxylation is 1. The summed E-state index contributed by atoms with van der Waals surface area (Å²) in [6.45, 7) is 9.06. The zero-order valence-electron chi connectivity index (χ0n) is 13.6. The van der Waals surface area contributed by atoms with Crippen molar-refractivity contribution in [3.05, 3.63) is 28.8 Å². The molecule has 0 saturated carbocycles. The first-order valence-electron chi connectivity index (χ1n) is 8.22. The van der Waals surface area contributed by atoms with Crippen LogP contribution in [0.5, 0.6) is 0 Å². The number of piperazine rings is 1. The maximum atomic E-state index is 12.3. The number of ether oxygens (including phenoxy) is 1. The zero-order valence-corrected chi connectivity index (χ0v) is 14.4. The normalized spacial score (nSPS) is 19.9. The fourth-order valence-corrected chi connectivity index (χ4v) is 3.34. The van der Waals surface area contributed by atoms with Crippen LogP contribution in [0.2, 0.25) is 5.02 Å². The molecule has 23 heavy (non-hydrogen) atoms. The lowest BCUT2D eigenvalue weighted by molar-refractivity contribution is -0.136. The molecule has 0 atom stereocenters. The molecule has 2 fully saturated rings. The second-order valence-electron chi connectivity index (χ2n) is 6.19. The predicted molar refractivity (Wildman–Crippen MR) is 92.2 cm³/mol. The average Bonchev–Trinajstić information content (AvgIpc) is 2.58. The highest BCUT2D eigenvalue weighted by atomic mass is 35.5. The van der Waals surface area contributed by atoms with Gasteiger partial charge in [0.2, 0.25) is 5.91 Å². The molecule has 3 rings (SSSR count). The number of carbonyl (C=O) groups excluding carboxylic acids is 1. The summed E-state index contributed by atoms with van der Waals surface area (Å²) in [4.78, 5) is 18.8. The van der Waals surface area contributed by atoms with Gasteiger partial charge in [-0.15, -0.1) is 0 Å². The first kappa shape index (κ1) is 16.6. The summed E-state index contributed by atoms with van der Waals surface area (Å²) in [5.74, 6) is 0.223. The van der Waals surface area contributed by atoms with Gasteiger partial charge in [0, 0.05) is 50.0 Å². The van der Waals surface area contributed by atoms with E-state index in [1.807, 2.05) is 17.0 Å². The topological polar surface area (TPSA) is 36.0 Å². The van der Waals surface area contributed by atoms with Gasteiger partial charge in [-0.3, -0.25) is 9.69 Å². The molecule has 0 radical (unpaired) electrons. The van der Waals surface area contributed by atoms with Crippen LogP contribution in [-0.2, 0) is 9.53 Å². The van der Waals surface area contributed by atoms with Crippen molar-refractivity contribution >= 4 is 23.2 Å². The van der Waals surface area contributed by atoms with E-state index in [1.165, 1.54) is 11.3 Å². The number of morpholine rings is 1. The molecule has 1 aromatic rings. The van der Waals surface area contributed by atoms with Crippen LogP contribution >= 0.6 is 11.6 Å². The number of rotatable bonds is 3. The molecule has 5 nitrogen and oxygen atoms in total. The molecule has 2 heterocycles.